The van der Waals surface area contributed by atoms with Crippen LogP contribution >= 0.6 is 11.8 Å². The molecule has 0 aromatic heterocycles. The molecule has 2 aromatic rings. The molecule has 1 amide bonds. The highest BCUT2D eigenvalue weighted by molar-refractivity contribution is 8.00. The van der Waals surface area contributed by atoms with Crippen molar-refractivity contribution >= 4 is 29.0 Å². The number of amides is 1. The first kappa shape index (κ1) is 17.4. The van der Waals surface area contributed by atoms with E-state index in [1.165, 1.54) is 11.1 Å². The molecule has 0 saturated carbocycles. The summed E-state index contributed by atoms with van der Waals surface area (Å²) in [5, 5.41) is 2.83. The number of thioether (sulfide) groups is 1. The Morgan fingerprint density at radius 1 is 1.09 bits per heavy atom. The van der Waals surface area contributed by atoms with E-state index in [9.17, 15) is 4.79 Å². The highest BCUT2D eigenvalue weighted by atomic mass is 32.2. The van der Waals surface area contributed by atoms with Gasteiger partial charge in [-0.25, -0.2) is 0 Å². The maximum Gasteiger partial charge on any atom is 0.237 e. The molecule has 1 unspecified atom stereocenters. The SMILES string of the molecule is Cc1ccc(SC(C)C(=O)Nc2ccc(N(C)C)cc2)c(C)c1. The quantitative estimate of drug-likeness (QED) is 0.821. The number of rotatable bonds is 5. The van der Waals surface area contributed by atoms with E-state index in [0.717, 1.165) is 16.3 Å². The topological polar surface area (TPSA) is 32.3 Å². The number of benzene rings is 2. The van der Waals surface area contributed by atoms with Gasteiger partial charge in [-0.1, -0.05) is 17.7 Å². The lowest BCUT2D eigenvalue weighted by Gasteiger charge is -2.15. The third-order valence-corrected chi connectivity index (χ3v) is 4.93. The van der Waals surface area contributed by atoms with E-state index < -0.39 is 0 Å². The maximum atomic E-state index is 12.4. The van der Waals surface area contributed by atoms with E-state index in [4.69, 9.17) is 0 Å². The maximum absolute atomic E-state index is 12.4. The Labute approximate surface area is 143 Å². The minimum Gasteiger partial charge on any atom is -0.378 e. The summed E-state index contributed by atoms with van der Waals surface area (Å²) in [4.78, 5) is 15.6. The molecule has 23 heavy (non-hydrogen) atoms. The average molecular weight is 328 g/mol. The first-order valence-corrected chi connectivity index (χ1v) is 8.57. The minimum absolute atomic E-state index is 0.0209. The Balaban J connectivity index is 1.99. The number of carbonyl (C=O) groups excluding carboxylic acids is 1. The van der Waals surface area contributed by atoms with Crippen LogP contribution in [0.4, 0.5) is 11.4 Å². The molecule has 0 heterocycles. The van der Waals surface area contributed by atoms with Gasteiger partial charge in [-0.15, -0.1) is 11.8 Å². The molecule has 2 aromatic carbocycles. The molecule has 0 spiro atoms. The Morgan fingerprint density at radius 2 is 1.74 bits per heavy atom. The lowest BCUT2D eigenvalue weighted by molar-refractivity contribution is -0.115. The molecular formula is C19H24N2OS. The third-order valence-electron chi connectivity index (χ3n) is 3.65. The molecule has 0 bridgehead atoms. The van der Waals surface area contributed by atoms with Crippen molar-refractivity contribution in [3.63, 3.8) is 0 Å². The summed E-state index contributed by atoms with van der Waals surface area (Å²) in [5.74, 6) is 0.0209. The van der Waals surface area contributed by atoms with Gasteiger partial charge < -0.3 is 10.2 Å². The normalized spacial score (nSPS) is 11.9. The van der Waals surface area contributed by atoms with Crippen molar-refractivity contribution in [3.05, 3.63) is 53.6 Å². The van der Waals surface area contributed by atoms with Crippen LogP contribution in [0.3, 0.4) is 0 Å². The third kappa shape index (κ3) is 4.76. The Hall–Kier alpha value is -1.94. The van der Waals surface area contributed by atoms with Crippen LogP contribution in [-0.4, -0.2) is 25.3 Å². The van der Waals surface area contributed by atoms with Crippen molar-refractivity contribution in [2.75, 3.05) is 24.3 Å². The molecule has 3 nitrogen and oxygen atoms in total. The predicted molar refractivity (Wildman–Crippen MR) is 101 cm³/mol. The second-order valence-electron chi connectivity index (χ2n) is 5.96. The fraction of sp³-hybridized carbons (Fsp3) is 0.316. The van der Waals surface area contributed by atoms with Gasteiger partial charge >= 0.3 is 0 Å². The van der Waals surface area contributed by atoms with Crippen LogP contribution in [0.15, 0.2) is 47.4 Å². The van der Waals surface area contributed by atoms with Crippen LogP contribution in [0.1, 0.15) is 18.1 Å². The molecule has 0 saturated heterocycles. The standard InChI is InChI=1S/C19H24N2OS/c1-13-6-11-18(14(2)12-13)23-15(3)19(22)20-16-7-9-17(10-8-16)21(4)5/h6-12,15H,1-5H3,(H,20,22). The van der Waals surface area contributed by atoms with Crippen molar-refractivity contribution in [2.24, 2.45) is 0 Å². The summed E-state index contributed by atoms with van der Waals surface area (Å²) in [6.45, 7) is 6.10. The van der Waals surface area contributed by atoms with E-state index in [2.05, 4.69) is 37.4 Å². The van der Waals surface area contributed by atoms with Crippen molar-refractivity contribution in [1.29, 1.82) is 0 Å². The van der Waals surface area contributed by atoms with Gasteiger partial charge in [-0.3, -0.25) is 4.79 Å². The van der Waals surface area contributed by atoms with Gasteiger partial charge in [0.15, 0.2) is 0 Å². The summed E-state index contributed by atoms with van der Waals surface area (Å²) in [6.07, 6.45) is 0. The van der Waals surface area contributed by atoms with Gasteiger partial charge in [0, 0.05) is 30.4 Å². The highest BCUT2D eigenvalue weighted by Crippen LogP contribution is 2.28. The van der Waals surface area contributed by atoms with Gasteiger partial charge in [0.05, 0.1) is 5.25 Å². The van der Waals surface area contributed by atoms with Gasteiger partial charge in [0.1, 0.15) is 0 Å². The van der Waals surface area contributed by atoms with Gasteiger partial charge in [-0.2, -0.15) is 0 Å². The zero-order chi connectivity index (χ0) is 17.0. The molecule has 122 valence electrons. The largest absolute Gasteiger partial charge is 0.378 e. The lowest BCUT2D eigenvalue weighted by atomic mass is 10.2. The number of nitrogens with zero attached hydrogens (tertiary/aromatic N) is 1. The second kappa shape index (κ2) is 7.55. The van der Waals surface area contributed by atoms with Crippen LogP contribution in [0.5, 0.6) is 0 Å². The molecule has 0 aliphatic carbocycles. The summed E-state index contributed by atoms with van der Waals surface area (Å²) >= 11 is 1.59. The summed E-state index contributed by atoms with van der Waals surface area (Å²) in [5.41, 5.74) is 4.39. The number of hydrogen-bond donors (Lipinski definition) is 1. The number of nitrogens with one attached hydrogen (secondary N) is 1. The van der Waals surface area contributed by atoms with Crippen molar-refractivity contribution in [2.45, 2.75) is 30.9 Å². The fourth-order valence-electron chi connectivity index (χ4n) is 2.26. The van der Waals surface area contributed by atoms with Gasteiger partial charge in [0.25, 0.3) is 0 Å². The number of aryl methyl sites for hydroxylation is 2. The summed E-state index contributed by atoms with van der Waals surface area (Å²) in [6, 6.07) is 14.2. The molecule has 1 atom stereocenters. The molecular weight excluding hydrogens is 304 g/mol. The zero-order valence-corrected chi connectivity index (χ0v) is 15.2. The van der Waals surface area contributed by atoms with E-state index in [1.54, 1.807) is 11.8 Å². The molecule has 2 rings (SSSR count). The summed E-state index contributed by atoms with van der Waals surface area (Å²) in [7, 11) is 3.99. The Morgan fingerprint density at radius 3 is 2.30 bits per heavy atom. The van der Waals surface area contributed by atoms with E-state index in [0.29, 0.717) is 0 Å². The summed E-state index contributed by atoms with van der Waals surface area (Å²) < 4.78 is 0. The van der Waals surface area contributed by atoms with E-state index in [-0.39, 0.29) is 11.2 Å². The smallest absolute Gasteiger partial charge is 0.237 e. The average Bonchev–Trinajstić information content (AvgIpc) is 2.50. The van der Waals surface area contributed by atoms with E-state index in [1.807, 2.05) is 50.2 Å². The molecule has 0 aliphatic rings. The van der Waals surface area contributed by atoms with Crippen LogP contribution in [-0.2, 0) is 4.79 Å². The van der Waals surface area contributed by atoms with Crippen LogP contribution in [0.2, 0.25) is 0 Å². The van der Waals surface area contributed by atoms with Gasteiger partial charge in [0.2, 0.25) is 5.91 Å². The van der Waals surface area contributed by atoms with Gasteiger partial charge in [-0.05, 0) is 56.7 Å². The monoisotopic (exact) mass is 328 g/mol. The zero-order valence-electron chi connectivity index (χ0n) is 14.4. The van der Waals surface area contributed by atoms with Crippen molar-refractivity contribution in [1.82, 2.24) is 0 Å². The second-order valence-corrected chi connectivity index (χ2v) is 7.34. The highest BCUT2D eigenvalue weighted by Gasteiger charge is 2.15. The molecule has 0 radical (unpaired) electrons. The number of anilines is 2. The van der Waals surface area contributed by atoms with Crippen LogP contribution < -0.4 is 10.2 Å². The van der Waals surface area contributed by atoms with Crippen LogP contribution in [0.25, 0.3) is 0 Å². The van der Waals surface area contributed by atoms with E-state index >= 15 is 0 Å². The van der Waals surface area contributed by atoms with Crippen LogP contribution in [0, 0.1) is 13.8 Å². The molecule has 0 aliphatic heterocycles. The molecule has 4 heteroatoms. The predicted octanol–water partition coefficient (Wildman–Crippen LogP) is 4.49. The lowest BCUT2D eigenvalue weighted by Crippen LogP contribution is -2.22. The fourth-order valence-corrected chi connectivity index (χ4v) is 3.20. The molecule has 0 fully saturated rings. The van der Waals surface area contributed by atoms with Crippen molar-refractivity contribution < 1.29 is 4.79 Å². The molecule has 1 N–H and O–H groups in total. The Bertz CT molecular complexity index is 680. The number of hydrogen-bond acceptors (Lipinski definition) is 3. The first-order chi connectivity index (χ1) is 10.9. The van der Waals surface area contributed by atoms with Crippen molar-refractivity contribution in [3.8, 4) is 0 Å². The number of carbonyl (C=O) groups is 1. The Kier molecular flexibility index (Phi) is 5.72. The first-order valence-electron chi connectivity index (χ1n) is 7.69. The minimum atomic E-state index is -0.148.